The van der Waals surface area contributed by atoms with E-state index in [1.807, 2.05) is 36.4 Å². The first-order chi connectivity index (χ1) is 16.1. The maximum absolute atomic E-state index is 12.6. The number of amides is 1. The number of nitrogens with zero attached hydrogens (tertiary/aromatic N) is 3. The van der Waals surface area contributed by atoms with Crippen LogP contribution < -0.4 is 10.1 Å². The van der Waals surface area contributed by atoms with Gasteiger partial charge < -0.3 is 14.6 Å². The van der Waals surface area contributed by atoms with E-state index >= 15 is 0 Å². The second-order valence-electron chi connectivity index (χ2n) is 7.55. The van der Waals surface area contributed by atoms with Crippen LogP contribution in [0.5, 0.6) is 5.75 Å². The maximum atomic E-state index is 12.6. The van der Waals surface area contributed by atoms with Gasteiger partial charge in [0.1, 0.15) is 5.75 Å². The number of ether oxygens (including phenoxy) is 1. The molecule has 0 spiro atoms. The molecule has 4 aromatic rings. The number of hydrogen-bond acceptors (Lipinski definition) is 5. The molecule has 3 aromatic carbocycles. The molecule has 0 radical (unpaired) electrons. The lowest BCUT2D eigenvalue weighted by Crippen LogP contribution is -2.25. The van der Waals surface area contributed by atoms with Crippen molar-refractivity contribution in [1.82, 2.24) is 20.1 Å². The van der Waals surface area contributed by atoms with Crippen LogP contribution in [0, 0.1) is 0 Å². The highest BCUT2D eigenvalue weighted by Crippen LogP contribution is 2.34. The Hall–Kier alpha value is -3.58. The Morgan fingerprint density at radius 2 is 1.64 bits per heavy atom. The van der Waals surface area contributed by atoms with Crippen molar-refractivity contribution < 1.29 is 9.53 Å². The SMILES string of the molecule is COc1ccc(C(=O)NCc2nnc(S[C@@H](C)c3ccccc3)n2Cc2ccccc2)cc1. The van der Waals surface area contributed by atoms with Crippen LogP contribution in [0.15, 0.2) is 90.1 Å². The highest BCUT2D eigenvalue weighted by molar-refractivity contribution is 7.99. The van der Waals surface area contributed by atoms with Crippen LogP contribution in [0.3, 0.4) is 0 Å². The molecule has 0 unspecified atom stereocenters. The second kappa shape index (κ2) is 10.8. The summed E-state index contributed by atoms with van der Waals surface area (Å²) in [5, 5.41) is 12.9. The predicted molar refractivity (Wildman–Crippen MR) is 130 cm³/mol. The molecule has 1 aromatic heterocycles. The van der Waals surface area contributed by atoms with Gasteiger partial charge in [-0.05, 0) is 42.3 Å². The fraction of sp³-hybridized carbons (Fsp3) is 0.192. The van der Waals surface area contributed by atoms with Crippen LogP contribution in [0.4, 0.5) is 0 Å². The van der Waals surface area contributed by atoms with Gasteiger partial charge in [0.15, 0.2) is 11.0 Å². The van der Waals surface area contributed by atoms with Gasteiger partial charge in [0.2, 0.25) is 0 Å². The Bertz CT molecular complexity index is 1180. The van der Waals surface area contributed by atoms with Gasteiger partial charge in [0, 0.05) is 10.8 Å². The van der Waals surface area contributed by atoms with Crippen molar-refractivity contribution in [2.45, 2.75) is 30.4 Å². The van der Waals surface area contributed by atoms with Crippen LogP contribution in [-0.4, -0.2) is 27.8 Å². The van der Waals surface area contributed by atoms with E-state index in [0.29, 0.717) is 23.7 Å². The number of thioether (sulfide) groups is 1. The molecule has 0 bridgehead atoms. The van der Waals surface area contributed by atoms with E-state index in [2.05, 4.69) is 51.3 Å². The van der Waals surface area contributed by atoms with E-state index in [-0.39, 0.29) is 17.7 Å². The molecule has 1 amide bonds. The number of rotatable bonds is 9. The lowest BCUT2D eigenvalue weighted by atomic mass is 10.2. The summed E-state index contributed by atoms with van der Waals surface area (Å²) in [4.78, 5) is 12.6. The van der Waals surface area contributed by atoms with Gasteiger partial charge in [-0.1, -0.05) is 72.4 Å². The summed E-state index contributed by atoms with van der Waals surface area (Å²) in [7, 11) is 1.60. The highest BCUT2D eigenvalue weighted by Gasteiger charge is 2.18. The zero-order chi connectivity index (χ0) is 23.0. The fourth-order valence-electron chi connectivity index (χ4n) is 3.42. The summed E-state index contributed by atoms with van der Waals surface area (Å²) >= 11 is 1.66. The topological polar surface area (TPSA) is 69.0 Å². The number of carbonyl (C=O) groups excluding carboxylic acids is 1. The van der Waals surface area contributed by atoms with Crippen LogP contribution in [0.2, 0.25) is 0 Å². The van der Waals surface area contributed by atoms with Crippen molar-refractivity contribution in [1.29, 1.82) is 0 Å². The van der Waals surface area contributed by atoms with Crippen LogP contribution in [0.1, 0.15) is 39.5 Å². The summed E-state index contributed by atoms with van der Waals surface area (Å²) in [5.41, 5.74) is 2.94. The monoisotopic (exact) mass is 458 g/mol. The van der Waals surface area contributed by atoms with Crippen molar-refractivity contribution in [3.8, 4) is 5.75 Å². The maximum Gasteiger partial charge on any atom is 0.251 e. The second-order valence-corrected chi connectivity index (χ2v) is 8.86. The molecule has 4 rings (SSSR count). The largest absolute Gasteiger partial charge is 0.497 e. The summed E-state index contributed by atoms with van der Waals surface area (Å²) in [5.74, 6) is 1.26. The Morgan fingerprint density at radius 3 is 2.30 bits per heavy atom. The summed E-state index contributed by atoms with van der Waals surface area (Å²) < 4.78 is 7.24. The van der Waals surface area contributed by atoms with Crippen LogP contribution in [0.25, 0.3) is 0 Å². The van der Waals surface area contributed by atoms with Crippen molar-refractivity contribution in [3.05, 3.63) is 107 Å². The van der Waals surface area contributed by atoms with Crippen molar-refractivity contribution in [2.75, 3.05) is 7.11 Å². The van der Waals surface area contributed by atoms with Gasteiger partial charge >= 0.3 is 0 Å². The van der Waals surface area contributed by atoms with E-state index in [4.69, 9.17) is 4.74 Å². The average Bonchev–Trinajstić information content (AvgIpc) is 3.24. The normalized spacial score (nSPS) is 11.7. The van der Waals surface area contributed by atoms with E-state index in [0.717, 1.165) is 10.7 Å². The number of hydrogen-bond donors (Lipinski definition) is 1. The lowest BCUT2D eigenvalue weighted by Gasteiger charge is -2.14. The molecule has 1 N–H and O–H groups in total. The quantitative estimate of drug-likeness (QED) is 0.353. The van der Waals surface area contributed by atoms with E-state index in [1.165, 1.54) is 5.56 Å². The van der Waals surface area contributed by atoms with Gasteiger partial charge in [-0.2, -0.15) is 0 Å². The molecule has 168 valence electrons. The molecule has 0 aliphatic heterocycles. The number of benzene rings is 3. The Kier molecular flexibility index (Phi) is 7.42. The first-order valence-electron chi connectivity index (χ1n) is 10.7. The lowest BCUT2D eigenvalue weighted by molar-refractivity contribution is 0.0949. The molecule has 0 aliphatic rings. The molecule has 0 aliphatic carbocycles. The van der Waals surface area contributed by atoms with E-state index < -0.39 is 0 Å². The minimum absolute atomic E-state index is 0.168. The molecule has 7 heteroatoms. The molecule has 1 atom stereocenters. The third-order valence-electron chi connectivity index (χ3n) is 5.29. The molecule has 33 heavy (non-hydrogen) atoms. The van der Waals surface area contributed by atoms with Gasteiger partial charge in [-0.15, -0.1) is 10.2 Å². The molecule has 6 nitrogen and oxygen atoms in total. The van der Waals surface area contributed by atoms with E-state index in [9.17, 15) is 4.79 Å². The number of carbonyl (C=O) groups is 1. The highest BCUT2D eigenvalue weighted by atomic mass is 32.2. The average molecular weight is 459 g/mol. The van der Waals surface area contributed by atoms with Crippen molar-refractivity contribution >= 4 is 17.7 Å². The Morgan fingerprint density at radius 1 is 0.970 bits per heavy atom. The van der Waals surface area contributed by atoms with Crippen molar-refractivity contribution in [3.63, 3.8) is 0 Å². The standard InChI is InChI=1S/C26H26N4O2S/c1-19(21-11-7-4-8-12-21)33-26-29-28-24(30(26)18-20-9-5-3-6-10-20)17-27-25(31)22-13-15-23(32-2)16-14-22/h3-16,19H,17-18H2,1-2H3,(H,27,31)/t19-/m0/s1. The zero-order valence-electron chi connectivity index (χ0n) is 18.6. The molecular weight excluding hydrogens is 432 g/mol. The predicted octanol–water partition coefficient (Wildman–Crippen LogP) is 5.12. The minimum Gasteiger partial charge on any atom is -0.497 e. The van der Waals surface area contributed by atoms with E-state index in [1.54, 1.807) is 43.1 Å². The smallest absolute Gasteiger partial charge is 0.251 e. The van der Waals surface area contributed by atoms with Crippen LogP contribution >= 0.6 is 11.8 Å². The third kappa shape index (κ3) is 5.81. The van der Waals surface area contributed by atoms with Gasteiger partial charge in [0.05, 0.1) is 20.2 Å². The Labute approximate surface area is 198 Å². The van der Waals surface area contributed by atoms with Gasteiger partial charge in [-0.3, -0.25) is 4.79 Å². The third-order valence-corrected chi connectivity index (χ3v) is 6.43. The summed E-state index contributed by atoms with van der Waals surface area (Å²) in [6.07, 6.45) is 0. The number of nitrogens with one attached hydrogen (secondary N) is 1. The van der Waals surface area contributed by atoms with Crippen molar-refractivity contribution in [2.24, 2.45) is 0 Å². The minimum atomic E-state index is -0.168. The number of aromatic nitrogens is 3. The first-order valence-corrected chi connectivity index (χ1v) is 11.6. The Balaban J connectivity index is 1.53. The first kappa shape index (κ1) is 22.6. The molecular formula is C26H26N4O2S. The summed E-state index contributed by atoms with van der Waals surface area (Å²) in [6.45, 7) is 3.07. The fourth-order valence-corrected chi connectivity index (χ4v) is 4.41. The molecule has 0 saturated heterocycles. The molecule has 1 heterocycles. The molecule has 0 saturated carbocycles. The number of methoxy groups -OCH3 is 1. The van der Waals surface area contributed by atoms with Gasteiger partial charge in [0.25, 0.3) is 5.91 Å². The zero-order valence-corrected chi connectivity index (χ0v) is 19.5. The van der Waals surface area contributed by atoms with Gasteiger partial charge in [-0.25, -0.2) is 0 Å². The summed E-state index contributed by atoms with van der Waals surface area (Å²) in [6, 6.07) is 27.6. The van der Waals surface area contributed by atoms with Crippen LogP contribution in [-0.2, 0) is 13.1 Å². The molecule has 0 fully saturated rings.